The van der Waals surface area contributed by atoms with E-state index in [0.29, 0.717) is 16.4 Å². The largest absolute Gasteiger partial charge is 0.338 e. The monoisotopic (exact) mass is 690 g/mol. The minimum Gasteiger partial charge on any atom is -0.338 e. The van der Waals surface area contributed by atoms with Gasteiger partial charge in [0.2, 0.25) is 10.0 Å². The van der Waals surface area contributed by atoms with Crippen molar-refractivity contribution < 1.29 is 12.8 Å². The molecule has 1 aliphatic carbocycles. The Morgan fingerprint density at radius 1 is 1.05 bits per heavy atom. The van der Waals surface area contributed by atoms with Crippen molar-refractivity contribution in [2.75, 3.05) is 16.3 Å². The van der Waals surface area contributed by atoms with Crippen LogP contribution >= 0.6 is 22.6 Å². The fraction of sp³-hybridized carbons (Fsp3) is 0.240. The van der Waals surface area contributed by atoms with Crippen molar-refractivity contribution in [1.82, 2.24) is 13.7 Å². The van der Waals surface area contributed by atoms with Gasteiger partial charge in [-0.05, 0) is 78.8 Å². The summed E-state index contributed by atoms with van der Waals surface area (Å²) in [4.78, 5) is 41.0. The first-order valence-corrected chi connectivity index (χ1v) is 14.6. The molecule has 39 heavy (non-hydrogen) atoms. The van der Waals surface area contributed by atoms with Crippen LogP contribution in [0.3, 0.4) is 0 Å². The smallest absolute Gasteiger partial charge is 0.336 e. The Balaban J connectivity index is 0.00000353. The Labute approximate surface area is 278 Å². The third-order valence-corrected chi connectivity index (χ3v) is 7.62. The summed E-state index contributed by atoms with van der Waals surface area (Å²) >= 11 is 1.98. The molecule has 0 atom stereocenters. The summed E-state index contributed by atoms with van der Waals surface area (Å²) in [5.74, 6) is -0.539. The van der Waals surface area contributed by atoms with Crippen LogP contribution in [0.5, 0.6) is 0 Å². The molecule has 5 rings (SSSR count). The zero-order valence-corrected chi connectivity index (χ0v) is 27.7. The molecule has 2 N–H and O–H groups in total. The van der Waals surface area contributed by atoms with Crippen LogP contribution in [-0.4, -0.2) is 79.8 Å². The first kappa shape index (κ1) is 30.1. The van der Waals surface area contributed by atoms with Crippen LogP contribution in [0.15, 0.2) is 56.8 Å². The average Bonchev–Trinajstić information content (AvgIpc) is 3.66. The summed E-state index contributed by atoms with van der Waals surface area (Å²) in [7, 11) is -2.14. The molecule has 2 aromatic heterocycles. The zero-order chi connectivity index (χ0) is 27.5. The molecule has 0 unspecified atom stereocenters. The molecular formula is C25H23FIKN5O5S. The molecule has 199 valence electrons. The van der Waals surface area contributed by atoms with Gasteiger partial charge >= 0.3 is 5.69 Å². The van der Waals surface area contributed by atoms with E-state index < -0.39 is 32.6 Å². The van der Waals surface area contributed by atoms with Gasteiger partial charge in [0.15, 0.2) is 0 Å². The van der Waals surface area contributed by atoms with Crippen LogP contribution in [0, 0.1) is 16.3 Å². The van der Waals surface area contributed by atoms with Crippen molar-refractivity contribution in [3.63, 3.8) is 0 Å². The molecule has 1 saturated carbocycles. The summed E-state index contributed by atoms with van der Waals surface area (Å²) in [6.45, 7) is 1.51. The summed E-state index contributed by atoms with van der Waals surface area (Å²) in [6, 6.07) is 10.3. The molecule has 2 heterocycles. The third kappa shape index (κ3) is 5.82. The third-order valence-electron chi connectivity index (χ3n) is 6.35. The molecule has 1 fully saturated rings. The number of sulfonamides is 1. The quantitative estimate of drug-likeness (QED) is 0.237. The second kappa shape index (κ2) is 11.2. The number of anilines is 3. The van der Waals surface area contributed by atoms with Crippen LogP contribution in [0.4, 0.5) is 21.6 Å². The summed E-state index contributed by atoms with van der Waals surface area (Å²) in [6.07, 6.45) is 2.27. The molecule has 0 saturated heterocycles. The Hall–Kier alpha value is -1.82. The average molecular weight is 691 g/mol. The van der Waals surface area contributed by atoms with E-state index in [-0.39, 0.29) is 96.8 Å². The number of benzene rings is 2. The van der Waals surface area contributed by atoms with Crippen LogP contribution in [-0.2, 0) is 17.1 Å². The molecule has 1 aliphatic rings. The number of rotatable bonds is 6. The molecule has 2 aromatic carbocycles. The van der Waals surface area contributed by atoms with E-state index in [1.807, 2.05) is 22.6 Å². The minimum absolute atomic E-state index is 0. The van der Waals surface area contributed by atoms with Gasteiger partial charge < -0.3 is 5.32 Å². The number of halogens is 2. The molecule has 1 radical (unpaired) electrons. The summed E-state index contributed by atoms with van der Waals surface area (Å²) in [5, 5.41) is 2.95. The van der Waals surface area contributed by atoms with Crippen molar-refractivity contribution in [2.45, 2.75) is 25.8 Å². The topological polar surface area (TPSA) is 124 Å². The number of nitrogens with zero attached hydrogens (tertiary/aromatic N) is 3. The molecule has 0 spiro atoms. The Bertz CT molecular complexity index is 1930. The van der Waals surface area contributed by atoms with E-state index in [1.54, 1.807) is 18.2 Å². The van der Waals surface area contributed by atoms with Gasteiger partial charge in [0.25, 0.3) is 11.1 Å². The number of hydrogen-bond acceptors (Lipinski definition) is 6. The van der Waals surface area contributed by atoms with E-state index in [0.717, 1.165) is 10.8 Å². The second-order valence-corrected chi connectivity index (χ2v) is 12.3. The van der Waals surface area contributed by atoms with Gasteiger partial charge in [-0.2, -0.15) is 0 Å². The predicted octanol–water partition coefficient (Wildman–Crippen LogP) is 2.97. The molecule has 0 amide bonds. The Morgan fingerprint density at radius 3 is 2.36 bits per heavy atom. The van der Waals surface area contributed by atoms with Gasteiger partial charge in [-0.25, -0.2) is 17.6 Å². The number of aryl methyl sites for hydroxylation is 1. The fourth-order valence-electron chi connectivity index (χ4n) is 4.50. The molecular weight excluding hydrogens is 667 g/mol. The summed E-state index contributed by atoms with van der Waals surface area (Å²) in [5.41, 5.74) is -1.03. The van der Waals surface area contributed by atoms with Gasteiger partial charge in [-0.1, -0.05) is 6.07 Å². The van der Waals surface area contributed by atoms with Gasteiger partial charge in [0.1, 0.15) is 17.0 Å². The maximum Gasteiger partial charge on any atom is 0.336 e. The van der Waals surface area contributed by atoms with Crippen LogP contribution in [0.1, 0.15) is 24.4 Å². The first-order chi connectivity index (χ1) is 17.9. The van der Waals surface area contributed by atoms with Crippen molar-refractivity contribution in [1.29, 1.82) is 0 Å². The maximum atomic E-state index is 14.8. The Kier molecular flexibility index (Phi) is 8.67. The molecule has 14 heteroatoms. The number of nitrogens with one attached hydrogen (secondary N) is 2. The van der Waals surface area contributed by atoms with E-state index >= 15 is 0 Å². The van der Waals surface area contributed by atoms with Crippen molar-refractivity contribution in [2.24, 2.45) is 7.05 Å². The minimum atomic E-state index is -3.61. The van der Waals surface area contributed by atoms with E-state index in [9.17, 15) is 27.2 Å². The van der Waals surface area contributed by atoms with Crippen molar-refractivity contribution in [3.05, 3.63) is 88.6 Å². The number of pyridine rings is 1. The summed E-state index contributed by atoms with van der Waals surface area (Å²) < 4.78 is 45.1. The standard InChI is InChI=1S/C25H23FIN5O5S.K/c1-13-21-20(22(30(2)23(13)33)28-19-10-7-14(27)11-18(19)26)24(34)32(16-8-9-16)25(35)31(21)17-6-4-5-15(12-17)29-38(3,36)37;/h4-7,10-12,16,28-29H,8-9H2,1-3H3;. The van der Waals surface area contributed by atoms with Gasteiger partial charge in [-0.3, -0.25) is 28.0 Å². The number of aromatic nitrogens is 3. The molecule has 0 aliphatic heterocycles. The van der Waals surface area contributed by atoms with Gasteiger partial charge in [0.05, 0.1) is 28.8 Å². The van der Waals surface area contributed by atoms with Crippen LogP contribution in [0.25, 0.3) is 16.6 Å². The van der Waals surface area contributed by atoms with E-state index in [4.69, 9.17) is 0 Å². The normalized spacial score (nSPS) is 13.3. The van der Waals surface area contributed by atoms with Crippen molar-refractivity contribution >= 4 is 112 Å². The zero-order valence-electron chi connectivity index (χ0n) is 21.6. The van der Waals surface area contributed by atoms with E-state index in [2.05, 4.69) is 10.0 Å². The SMILES string of the molecule is Cc1c(=O)n(C)c(Nc2ccc(I)cc2F)c2c(=O)n(C3CC3)c(=O)n(-c3cccc(NS(C)(=O)=O)c3)c12.[K]. The van der Waals surface area contributed by atoms with E-state index in [1.165, 1.54) is 47.4 Å². The number of hydrogen-bond donors (Lipinski definition) is 2. The fourth-order valence-corrected chi connectivity index (χ4v) is 5.50. The maximum absolute atomic E-state index is 14.8. The molecule has 10 nitrogen and oxygen atoms in total. The molecule has 4 aromatic rings. The predicted molar refractivity (Wildman–Crippen MR) is 159 cm³/mol. The second-order valence-electron chi connectivity index (χ2n) is 9.26. The van der Waals surface area contributed by atoms with Crippen molar-refractivity contribution in [3.8, 4) is 5.69 Å². The van der Waals surface area contributed by atoms with Gasteiger partial charge in [0, 0.05) is 73.6 Å². The Morgan fingerprint density at radius 2 is 1.74 bits per heavy atom. The molecule has 0 bridgehead atoms. The van der Waals surface area contributed by atoms with Crippen LogP contribution < -0.4 is 26.8 Å². The first-order valence-electron chi connectivity index (χ1n) is 11.6. The van der Waals surface area contributed by atoms with Gasteiger partial charge in [-0.15, -0.1) is 0 Å². The number of fused-ring (bicyclic) bond motifs is 1. The van der Waals surface area contributed by atoms with Crippen LogP contribution in [0.2, 0.25) is 0 Å².